The standard InChI is InChI=1S/C10H11NO/c1-8-6-11-4-2-3-10(11)5-9(8)7-12/h2-5,7-8H,6H2,1H3. The molecule has 0 bridgehead atoms. The second kappa shape index (κ2) is 2.63. The van der Waals surface area contributed by atoms with Gasteiger partial charge in [-0.2, -0.15) is 0 Å². The van der Waals surface area contributed by atoms with E-state index in [1.807, 2.05) is 24.4 Å². The SMILES string of the molecule is CC1Cn2cccc2C=C1C=O. The summed E-state index contributed by atoms with van der Waals surface area (Å²) in [4.78, 5) is 10.6. The van der Waals surface area contributed by atoms with Crippen molar-refractivity contribution in [2.45, 2.75) is 13.5 Å². The van der Waals surface area contributed by atoms with Gasteiger partial charge in [-0.05, 0) is 23.8 Å². The van der Waals surface area contributed by atoms with Gasteiger partial charge < -0.3 is 4.57 Å². The molecule has 0 aliphatic carbocycles. The van der Waals surface area contributed by atoms with Gasteiger partial charge in [-0.3, -0.25) is 4.79 Å². The van der Waals surface area contributed by atoms with Crippen LogP contribution in [0.3, 0.4) is 0 Å². The maximum Gasteiger partial charge on any atom is 0.146 e. The molecule has 2 heterocycles. The van der Waals surface area contributed by atoms with Crippen LogP contribution in [0.25, 0.3) is 6.08 Å². The van der Waals surface area contributed by atoms with Gasteiger partial charge in [0.25, 0.3) is 0 Å². The van der Waals surface area contributed by atoms with Crippen molar-refractivity contribution in [2.75, 3.05) is 0 Å². The van der Waals surface area contributed by atoms with Gasteiger partial charge in [-0.1, -0.05) is 6.92 Å². The van der Waals surface area contributed by atoms with Crippen LogP contribution in [0.15, 0.2) is 23.9 Å². The summed E-state index contributed by atoms with van der Waals surface area (Å²) in [5.41, 5.74) is 2.04. The van der Waals surface area contributed by atoms with E-state index in [1.54, 1.807) is 0 Å². The van der Waals surface area contributed by atoms with Gasteiger partial charge in [0, 0.05) is 24.4 Å². The van der Waals surface area contributed by atoms with Gasteiger partial charge in [0.15, 0.2) is 0 Å². The summed E-state index contributed by atoms with van der Waals surface area (Å²) in [5, 5.41) is 0. The Bertz CT molecular complexity index is 335. The van der Waals surface area contributed by atoms with Crippen molar-refractivity contribution < 1.29 is 4.79 Å². The Morgan fingerprint density at radius 2 is 2.50 bits per heavy atom. The highest BCUT2D eigenvalue weighted by atomic mass is 16.1. The van der Waals surface area contributed by atoms with Crippen molar-refractivity contribution >= 4 is 12.4 Å². The summed E-state index contributed by atoms with van der Waals surface area (Å²) in [7, 11) is 0. The number of aldehydes is 1. The summed E-state index contributed by atoms with van der Waals surface area (Å²) in [6.07, 6.45) is 4.96. The number of nitrogens with zero attached hydrogens (tertiary/aromatic N) is 1. The van der Waals surface area contributed by atoms with Crippen LogP contribution in [0, 0.1) is 5.92 Å². The fourth-order valence-corrected chi connectivity index (χ4v) is 1.59. The van der Waals surface area contributed by atoms with E-state index in [4.69, 9.17) is 0 Å². The maximum atomic E-state index is 10.6. The molecular formula is C10H11NO. The molecule has 0 radical (unpaired) electrons. The van der Waals surface area contributed by atoms with Crippen LogP contribution in [-0.4, -0.2) is 10.9 Å². The van der Waals surface area contributed by atoms with Gasteiger partial charge >= 0.3 is 0 Å². The minimum atomic E-state index is 0.349. The number of carbonyl (C=O) groups is 1. The molecule has 2 heteroatoms. The predicted octanol–water partition coefficient (Wildman–Crippen LogP) is 1.72. The van der Waals surface area contributed by atoms with E-state index in [2.05, 4.69) is 11.5 Å². The summed E-state index contributed by atoms with van der Waals surface area (Å²) < 4.78 is 2.16. The average molecular weight is 161 g/mol. The number of fused-ring (bicyclic) bond motifs is 1. The zero-order valence-electron chi connectivity index (χ0n) is 7.03. The second-order valence-electron chi connectivity index (χ2n) is 3.25. The Morgan fingerprint density at radius 1 is 1.67 bits per heavy atom. The smallest absolute Gasteiger partial charge is 0.146 e. The molecule has 12 heavy (non-hydrogen) atoms. The molecule has 0 saturated carbocycles. The largest absolute Gasteiger partial charge is 0.347 e. The van der Waals surface area contributed by atoms with E-state index >= 15 is 0 Å². The Morgan fingerprint density at radius 3 is 3.25 bits per heavy atom. The normalized spacial score (nSPS) is 21.4. The fraction of sp³-hybridized carbons (Fsp3) is 0.300. The highest BCUT2D eigenvalue weighted by molar-refractivity contribution is 5.82. The van der Waals surface area contributed by atoms with Crippen molar-refractivity contribution in [3.8, 4) is 0 Å². The zero-order chi connectivity index (χ0) is 8.55. The molecule has 62 valence electrons. The van der Waals surface area contributed by atoms with Crippen LogP contribution >= 0.6 is 0 Å². The van der Waals surface area contributed by atoms with Crippen LogP contribution < -0.4 is 0 Å². The molecule has 1 atom stereocenters. The third kappa shape index (κ3) is 0.998. The summed E-state index contributed by atoms with van der Waals surface area (Å²) in [5.74, 6) is 0.349. The minimum absolute atomic E-state index is 0.349. The van der Waals surface area contributed by atoms with E-state index in [9.17, 15) is 4.79 Å². The highest BCUT2D eigenvalue weighted by Gasteiger charge is 2.15. The predicted molar refractivity (Wildman–Crippen MR) is 47.6 cm³/mol. The highest BCUT2D eigenvalue weighted by Crippen LogP contribution is 2.22. The average Bonchev–Trinajstić information content (AvgIpc) is 2.49. The Labute approximate surface area is 71.5 Å². The Balaban J connectivity index is 2.46. The van der Waals surface area contributed by atoms with Gasteiger partial charge in [0.1, 0.15) is 6.29 Å². The lowest BCUT2D eigenvalue weighted by molar-refractivity contribution is -0.105. The second-order valence-corrected chi connectivity index (χ2v) is 3.25. The topological polar surface area (TPSA) is 22.0 Å². The van der Waals surface area contributed by atoms with Crippen LogP contribution in [0.1, 0.15) is 12.6 Å². The molecule has 2 nitrogen and oxygen atoms in total. The van der Waals surface area contributed by atoms with E-state index in [1.165, 1.54) is 0 Å². The molecule has 0 fully saturated rings. The first-order valence-corrected chi connectivity index (χ1v) is 4.13. The first-order valence-electron chi connectivity index (χ1n) is 4.13. The number of aromatic nitrogens is 1. The van der Waals surface area contributed by atoms with E-state index in [-0.39, 0.29) is 0 Å². The maximum absolute atomic E-state index is 10.6. The van der Waals surface area contributed by atoms with E-state index < -0.39 is 0 Å². The number of rotatable bonds is 1. The van der Waals surface area contributed by atoms with Crippen molar-refractivity contribution in [3.05, 3.63) is 29.6 Å². The van der Waals surface area contributed by atoms with Crippen molar-refractivity contribution in [2.24, 2.45) is 5.92 Å². The van der Waals surface area contributed by atoms with Gasteiger partial charge in [0.05, 0.1) is 0 Å². The van der Waals surface area contributed by atoms with Crippen LogP contribution in [0.5, 0.6) is 0 Å². The summed E-state index contributed by atoms with van der Waals surface area (Å²) >= 11 is 0. The molecule has 2 rings (SSSR count). The van der Waals surface area contributed by atoms with Crippen molar-refractivity contribution in [1.29, 1.82) is 0 Å². The van der Waals surface area contributed by atoms with Crippen LogP contribution in [-0.2, 0) is 11.3 Å². The summed E-state index contributed by atoms with van der Waals surface area (Å²) in [6.45, 7) is 3.00. The minimum Gasteiger partial charge on any atom is -0.347 e. The molecule has 1 aliphatic heterocycles. The molecular weight excluding hydrogens is 150 g/mol. The molecule has 0 aromatic carbocycles. The van der Waals surface area contributed by atoms with Gasteiger partial charge in [-0.25, -0.2) is 0 Å². The first-order chi connectivity index (χ1) is 5.81. The third-order valence-electron chi connectivity index (χ3n) is 2.35. The number of allylic oxidation sites excluding steroid dienone is 1. The Kier molecular flexibility index (Phi) is 1.61. The van der Waals surface area contributed by atoms with Crippen molar-refractivity contribution in [3.63, 3.8) is 0 Å². The van der Waals surface area contributed by atoms with E-state index in [0.29, 0.717) is 5.92 Å². The third-order valence-corrected chi connectivity index (χ3v) is 2.35. The van der Waals surface area contributed by atoms with Gasteiger partial charge in [-0.15, -0.1) is 0 Å². The lowest BCUT2D eigenvalue weighted by Crippen LogP contribution is -2.15. The quantitative estimate of drug-likeness (QED) is 0.575. The first kappa shape index (κ1) is 7.35. The van der Waals surface area contributed by atoms with Crippen LogP contribution in [0.2, 0.25) is 0 Å². The number of hydrogen-bond acceptors (Lipinski definition) is 1. The Hall–Kier alpha value is -1.31. The lowest BCUT2D eigenvalue weighted by atomic mass is 9.98. The van der Waals surface area contributed by atoms with E-state index in [0.717, 1.165) is 24.1 Å². The number of hydrogen-bond donors (Lipinski definition) is 0. The zero-order valence-corrected chi connectivity index (χ0v) is 7.03. The fourth-order valence-electron chi connectivity index (χ4n) is 1.59. The molecule has 0 amide bonds. The summed E-state index contributed by atoms with van der Waals surface area (Å²) in [6, 6.07) is 4.03. The molecule has 0 N–H and O–H groups in total. The lowest BCUT2D eigenvalue weighted by Gasteiger charge is -2.19. The monoisotopic (exact) mass is 161 g/mol. The molecule has 0 spiro atoms. The molecule has 1 aliphatic rings. The van der Waals surface area contributed by atoms with Crippen molar-refractivity contribution in [1.82, 2.24) is 4.57 Å². The molecule has 1 aromatic heterocycles. The van der Waals surface area contributed by atoms with Gasteiger partial charge in [0.2, 0.25) is 0 Å². The molecule has 1 unspecified atom stereocenters. The molecule has 1 aromatic rings. The number of carbonyl (C=O) groups excluding carboxylic acids is 1. The van der Waals surface area contributed by atoms with Crippen LogP contribution in [0.4, 0.5) is 0 Å². The molecule has 0 saturated heterocycles.